The van der Waals surface area contributed by atoms with Gasteiger partial charge in [0.2, 0.25) is 0 Å². The Bertz CT molecular complexity index is 285. The summed E-state index contributed by atoms with van der Waals surface area (Å²) in [5.41, 5.74) is 1.01. The van der Waals surface area contributed by atoms with Crippen molar-refractivity contribution < 1.29 is 14.3 Å². The van der Waals surface area contributed by atoms with Crippen LogP contribution in [0.1, 0.15) is 26.7 Å². The molecule has 1 aliphatic heterocycles. The zero-order valence-electron chi connectivity index (χ0n) is 9.36. The lowest BCUT2D eigenvalue weighted by Gasteiger charge is -2.30. The van der Waals surface area contributed by atoms with Gasteiger partial charge >= 0.3 is 5.97 Å². The van der Waals surface area contributed by atoms with E-state index in [-0.39, 0.29) is 18.2 Å². The van der Waals surface area contributed by atoms with Crippen molar-refractivity contribution in [2.45, 2.75) is 38.9 Å². The summed E-state index contributed by atoms with van der Waals surface area (Å²) in [6, 6.07) is 0. The van der Waals surface area contributed by atoms with E-state index in [1.54, 1.807) is 0 Å². The van der Waals surface area contributed by atoms with Crippen LogP contribution < -0.4 is 0 Å². The van der Waals surface area contributed by atoms with Crippen molar-refractivity contribution in [3.05, 3.63) is 12.2 Å². The molecule has 15 heavy (non-hydrogen) atoms. The summed E-state index contributed by atoms with van der Waals surface area (Å²) in [5.74, 6) is 0.715. The molecule has 1 saturated heterocycles. The monoisotopic (exact) mass is 210 g/mol. The second kappa shape index (κ2) is 3.97. The maximum atomic E-state index is 11.3. The molecule has 0 amide bonds. The van der Waals surface area contributed by atoms with Gasteiger partial charge in [0.05, 0.1) is 19.1 Å². The van der Waals surface area contributed by atoms with Crippen LogP contribution in [0.15, 0.2) is 12.2 Å². The van der Waals surface area contributed by atoms with Gasteiger partial charge in [-0.25, -0.2) is 0 Å². The van der Waals surface area contributed by atoms with Crippen molar-refractivity contribution >= 4 is 5.97 Å². The number of ether oxygens (including phenoxy) is 2. The lowest BCUT2D eigenvalue weighted by Crippen LogP contribution is -2.40. The fraction of sp³-hybridized carbons (Fsp3) is 0.750. The summed E-state index contributed by atoms with van der Waals surface area (Å²) in [4.78, 5) is 11.3. The van der Waals surface area contributed by atoms with Gasteiger partial charge in [-0.05, 0) is 25.2 Å². The highest BCUT2D eigenvalue weighted by molar-refractivity contribution is 5.71. The standard InChI is InChI=1S/C12H18O3/c1-7(2)6-14-12-9-4-8(3)11(12)15-10(13)5-9/h8-9,11-12H,1,4-6H2,2-3H3. The predicted octanol–water partition coefficient (Wildman–Crippen LogP) is 1.92. The zero-order valence-corrected chi connectivity index (χ0v) is 9.36. The molecular formula is C12H18O3. The van der Waals surface area contributed by atoms with Crippen molar-refractivity contribution in [1.82, 2.24) is 0 Å². The largest absolute Gasteiger partial charge is 0.459 e. The summed E-state index contributed by atoms with van der Waals surface area (Å²) < 4.78 is 11.1. The first-order valence-corrected chi connectivity index (χ1v) is 5.53. The van der Waals surface area contributed by atoms with Crippen molar-refractivity contribution in [2.75, 3.05) is 6.61 Å². The van der Waals surface area contributed by atoms with E-state index in [4.69, 9.17) is 9.47 Å². The Hall–Kier alpha value is -0.830. The van der Waals surface area contributed by atoms with Crippen LogP contribution in [0.4, 0.5) is 0 Å². The smallest absolute Gasteiger partial charge is 0.306 e. The summed E-state index contributed by atoms with van der Waals surface area (Å²) in [6.45, 7) is 8.45. The molecular weight excluding hydrogens is 192 g/mol. The first-order valence-electron chi connectivity index (χ1n) is 5.53. The van der Waals surface area contributed by atoms with E-state index >= 15 is 0 Å². The molecule has 2 bridgehead atoms. The van der Waals surface area contributed by atoms with Crippen molar-refractivity contribution in [2.24, 2.45) is 11.8 Å². The molecule has 0 spiro atoms. The lowest BCUT2D eigenvalue weighted by atomic mass is 9.99. The molecule has 1 saturated carbocycles. The lowest BCUT2D eigenvalue weighted by molar-refractivity contribution is -0.169. The summed E-state index contributed by atoms with van der Waals surface area (Å²) >= 11 is 0. The third-order valence-electron chi connectivity index (χ3n) is 3.24. The Labute approximate surface area is 90.4 Å². The average molecular weight is 210 g/mol. The van der Waals surface area contributed by atoms with Crippen LogP contribution in [0.3, 0.4) is 0 Å². The molecule has 0 aromatic carbocycles. The van der Waals surface area contributed by atoms with E-state index < -0.39 is 0 Å². The zero-order chi connectivity index (χ0) is 11.0. The second-order valence-corrected chi connectivity index (χ2v) is 4.86. The molecule has 1 aliphatic carbocycles. The molecule has 3 nitrogen and oxygen atoms in total. The number of carbonyl (C=O) groups is 1. The highest BCUT2D eigenvalue weighted by Crippen LogP contribution is 2.41. The van der Waals surface area contributed by atoms with Gasteiger partial charge in [-0.1, -0.05) is 19.1 Å². The molecule has 84 valence electrons. The number of hydrogen-bond acceptors (Lipinski definition) is 3. The molecule has 3 heteroatoms. The van der Waals surface area contributed by atoms with Gasteiger partial charge in [0.15, 0.2) is 0 Å². The maximum Gasteiger partial charge on any atom is 0.306 e. The van der Waals surface area contributed by atoms with Gasteiger partial charge in [-0.3, -0.25) is 4.79 Å². The van der Waals surface area contributed by atoms with Gasteiger partial charge in [-0.15, -0.1) is 0 Å². The molecule has 1 heterocycles. The van der Waals surface area contributed by atoms with Crippen LogP contribution in [-0.2, 0) is 14.3 Å². The molecule has 0 aromatic heterocycles. The third kappa shape index (κ3) is 2.07. The number of carbonyl (C=O) groups excluding carboxylic acids is 1. The van der Waals surface area contributed by atoms with E-state index in [1.807, 2.05) is 6.92 Å². The van der Waals surface area contributed by atoms with Crippen molar-refractivity contribution in [1.29, 1.82) is 0 Å². The molecule has 2 aliphatic rings. The van der Waals surface area contributed by atoms with E-state index in [0.29, 0.717) is 24.9 Å². The van der Waals surface area contributed by atoms with Gasteiger partial charge in [-0.2, -0.15) is 0 Å². The van der Waals surface area contributed by atoms with Crippen LogP contribution in [0.5, 0.6) is 0 Å². The normalized spacial score (nSPS) is 38.9. The summed E-state index contributed by atoms with van der Waals surface area (Å²) in [7, 11) is 0. The average Bonchev–Trinajstić information content (AvgIpc) is 2.31. The van der Waals surface area contributed by atoms with Crippen molar-refractivity contribution in [3.8, 4) is 0 Å². The fourth-order valence-corrected chi connectivity index (χ4v) is 2.60. The van der Waals surface area contributed by atoms with Crippen LogP contribution in [0.25, 0.3) is 0 Å². The topological polar surface area (TPSA) is 35.5 Å². The minimum atomic E-state index is -0.0653. The second-order valence-electron chi connectivity index (χ2n) is 4.86. The van der Waals surface area contributed by atoms with E-state index in [1.165, 1.54) is 0 Å². The Morgan fingerprint density at radius 1 is 1.67 bits per heavy atom. The molecule has 2 fully saturated rings. The minimum Gasteiger partial charge on any atom is -0.459 e. The number of hydrogen-bond donors (Lipinski definition) is 0. The van der Waals surface area contributed by atoms with Gasteiger partial charge in [0.25, 0.3) is 0 Å². The first kappa shape index (κ1) is 10.7. The SMILES string of the molecule is C=C(C)COC1C2CC(=O)OC1C(C)C2. The Kier molecular flexibility index (Phi) is 2.83. The predicted molar refractivity (Wildman–Crippen MR) is 56.3 cm³/mol. The molecule has 4 unspecified atom stereocenters. The molecule has 0 radical (unpaired) electrons. The van der Waals surface area contributed by atoms with Crippen LogP contribution in [0.2, 0.25) is 0 Å². The minimum absolute atomic E-state index is 0.0319. The van der Waals surface area contributed by atoms with Gasteiger partial charge in [0.1, 0.15) is 6.10 Å². The van der Waals surface area contributed by atoms with E-state index in [9.17, 15) is 4.79 Å². The highest BCUT2D eigenvalue weighted by Gasteiger charge is 2.48. The van der Waals surface area contributed by atoms with Gasteiger partial charge in [0, 0.05) is 0 Å². The number of fused-ring (bicyclic) bond motifs is 2. The third-order valence-corrected chi connectivity index (χ3v) is 3.24. The molecule has 2 rings (SSSR count). The molecule has 0 N–H and O–H groups in total. The van der Waals surface area contributed by atoms with E-state index in [0.717, 1.165) is 12.0 Å². The van der Waals surface area contributed by atoms with Crippen LogP contribution in [0, 0.1) is 11.8 Å². The van der Waals surface area contributed by atoms with E-state index in [2.05, 4.69) is 13.5 Å². The summed E-state index contributed by atoms with van der Waals surface area (Å²) in [5, 5.41) is 0. The molecule has 4 atom stereocenters. The van der Waals surface area contributed by atoms with Crippen LogP contribution in [-0.4, -0.2) is 24.8 Å². The van der Waals surface area contributed by atoms with Crippen LogP contribution >= 0.6 is 0 Å². The Balaban J connectivity index is 2.01. The Morgan fingerprint density at radius 2 is 2.40 bits per heavy atom. The summed E-state index contributed by atoms with van der Waals surface area (Å²) in [6.07, 6.45) is 1.61. The highest BCUT2D eigenvalue weighted by atomic mass is 16.6. The Morgan fingerprint density at radius 3 is 3.00 bits per heavy atom. The molecule has 0 aromatic rings. The van der Waals surface area contributed by atoms with Gasteiger partial charge < -0.3 is 9.47 Å². The maximum absolute atomic E-state index is 11.3. The number of rotatable bonds is 3. The number of esters is 1. The quantitative estimate of drug-likeness (QED) is 0.527. The first-order chi connectivity index (χ1) is 7.08. The fourth-order valence-electron chi connectivity index (χ4n) is 2.60. The van der Waals surface area contributed by atoms with Crippen molar-refractivity contribution in [3.63, 3.8) is 0 Å².